The molecule has 3 rings (SSSR count). The van der Waals surface area contributed by atoms with Gasteiger partial charge in [0.1, 0.15) is 0 Å². The average molecular weight is 1280 g/mol. The lowest BCUT2D eigenvalue weighted by atomic mass is 9.56. The van der Waals surface area contributed by atoms with Gasteiger partial charge < -0.3 is 0 Å². The summed E-state index contributed by atoms with van der Waals surface area (Å²) in [5.41, 5.74) is 5.66. The summed E-state index contributed by atoms with van der Waals surface area (Å²) in [5.74, 6) is 9.85. The van der Waals surface area contributed by atoms with Gasteiger partial charge in [-0.3, -0.25) is 0 Å². The lowest BCUT2D eigenvalue weighted by Gasteiger charge is -2.49. The van der Waals surface area contributed by atoms with E-state index in [2.05, 4.69) is 353 Å². The van der Waals surface area contributed by atoms with E-state index in [1.54, 1.807) is 0 Å². The maximum Gasteiger partial charge on any atom is -0.0257 e. The molecule has 0 aromatic rings. The number of hydrogen-bond acceptors (Lipinski definition) is 0. The molecule has 0 aromatic carbocycles. The average Bonchev–Trinajstić information content (AvgIpc) is 0.877. The Labute approximate surface area is 581 Å². The lowest BCUT2D eigenvalue weighted by Crippen LogP contribution is -2.41. The van der Waals surface area contributed by atoms with Crippen molar-refractivity contribution in [3.8, 4) is 0 Å². The second kappa shape index (κ2) is 43.4. The third-order valence-corrected chi connectivity index (χ3v) is 27.3. The molecule has 0 amide bonds. The summed E-state index contributed by atoms with van der Waals surface area (Å²) < 4.78 is 0. The van der Waals surface area contributed by atoms with Gasteiger partial charge in [-0.15, -0.1) is 0 Å². The van der Waals surface area contributed by atoms with Crippen LogP contribution in [0.5, 0.6) is 0 Å². The number of rotatable bonds is 6. The maximum atomic E-state index is 2.38. The van der Waals surface area contributed by atoms with E-state index < -0.39 is 0 Å². The molecule has 0 radical (unpaired) electrons. The Morgan fingerprint density at radius 1 is 0.311 bits per heavy atom. The molecular weight excluding hydrogens is 1080 g/mol. The molecule has 3 aliphatic carbocycles. The number of hydrogen-bond donors (Lipinski definition) is 0. The van der Waals surface area contributed by atoms with Crippen molar-refractivity contribution in [1.29, 1.82) is 0 Å². The van der Waals surface area contributed by atoms with Crippen LogP contribution in [0.4, 0.5) is 0 Å². The SMILES string of the molecule is CC(C(C)(C)C)C(C)(C)C.CC(C)(C)C(C)(C)C.CC(C)(C)C(C)(C)C(C)(C)C.CC(C)C(C)(C)C(C)(C)C.CC(C)C(C)(C)C(C)C.CC(C)[C@@H](C)C(C)(C)C.CC1CCCC[C@H]1C.CC1CCC[C@@H](C)C1.CCC(C)(C)C(C)(C)C.CCC1CCCCC1. The van der Waals surface area contributed by atoms with Gasteiger partial charge in [-0.05, 0) is 142 Å². The van der Waals surface area contributed by atoms with Gasteiger partial charge in [0, 0.05) is 0 Å². The van der Waals surface area contributed by atoms with Crippen molar-refractivity contribution in [2.24, 2.45) is 135 Å². The van der Waals surface area contributed by atoms with Crippen molar-refractivity contribution in [3.05, 3.63) is 0 Å². The Morgan fingerprint density at radius 3 is 0.689 bits per heavy atom. The van der Waals surface area contributed by atoms with Crippen molar-refractivity contribution in [2.75, 3.05) is 0 Å². The summed E-state index contributed by atoms with van der Waals surface area (Å²) in [4.78, 5) is 0. The van der Waals surface area contributed by atoms with E-state index in [1.807, 2.05) is 0 Å². The van der Waals surface area contributed by atoms with Gasteiger partial charge >= 0.3 is 0 Å². The minimum atomic E-state index is 0.375. The Hall–Kier alpha value is 0. The maximum absolute atomic E-state index is 2.38. The fourth-order valence-electron chi connectivity index (χ4n) is 10.3. The molecule has 0 bridgehead atoms. The van der Waals surface area contributed by atoms with E-state index in [4.69, 9.17) is 0 Å². The fraction of sp³-hybridized carbons (Fsp3) is 1.00. The van der Waals surface area contributed by atoms with E-state index in [1.165, 1.54) is 96.3 Å². The predicted molar refractivity (Wildman–Crippen MR) is 429 cm³/mol. The minimum absolute atomic E-state index is 0.375. The Balaban J connectivity index is -0.000000170. The predicted octanol–water partition coefficient (Wildman–Crippen LogP) is 33.4. The molecule has 3 saturated carbocycles. The zero-order valence-electron chi connectivity index (χ0n) is 74.5. The van der Waals surface area contributed by atoms with E-state index in [9.17, 15) is 0 Å². The minimum Gasteiger partial charge on any atom is -0.0651 e. The van der Waals surface area contributed by atoms with E-state index in [0.29, 0.717) is 70.4 Å². The van der Waals surface area contributed by atoms with Crippen molar-refractivity contribution in [2.45, 2.75) is 449 Å². The standard InChI is InChI=1S/C11H24.2C10H22.3C9H20.3C8H16.C8H18/c1-9(2,3)11(7,8)10(4,5)6;1-8(9(2,3)4)10(5,6)7;1-8(2)10(6,7)9(3,4)5;1-7-9(5,6)8(2,3)4;1-7(2)8(3)9(4,5)6;1-7(2)9(5,6)8(3)4;1-7-4-3-5-8(2)6-7;1-7-5-3-4-6-8(7)2;1-2-8-6-4-3-5-7-8;1-7(2,3)8(4,5)6/h1-8H3;2*8H,1-7H3;7H2,1-6H3;2*7-8H,1-6H3;2*7-8H,3-6H2,1-2H3;8H,2-7H2,1H3;1-6H3/t;;;;8-;;2*7-,8?;;/m....1.11../s1. The highest BCUT2D eigenvalue weighted by atomic mass is 14.5. The van der Waals surface area contributed by atoms with Gasteiger partial charge in [-0.1, -0.05) is 443 Å². The molecule has 3 aliphatic rings. The molecule has 2 unspecified atom stereocenters. The summed E-state index contributed by atoms with van der Waals surface area (Å²) in [6.45, 7) is 118. The first-order valence-corrected chi connectivity index (χ1v) is 39.2. The molecule has 0 heteroatoms. The zero-order chi connectivity index (χ0) is 74.5. The molecular formula is C90H194. The molecule has 0 aromatic heterocycles. The van der Waals surface area contributed by atoms with Crippen LogP contribution in [0.25, 0.3) is 0 Å². The van der Waals surface area contributed by atoms with Gasteiger partial charge in [0.05, 0.1) is 0 Å². The van der Waals surface area contributed by atoms with Crippen molar-refractivity contribution < 1.29 is 0 Å². The van der Waals surface area contributed by atoms with Crippen LogP contribution in [0.15, 0.2) is 0 Å². The topological polar surface area (TPSA) is 0 Å². The van der Waals surface area contributed by atoms with Crippen LogP contribution in [0, 0.1) is 135 Å². The van der Waals surface area contributed by atoms with Crippen LogP contribution in [-0.2, 0) is 0 Å². The summed E-state index contributed by atoms with van der Waals surface area (Å²) >= 11 is 0. The summed E-state index contributed by atoms with van der Waals surface area (Å²) in [7, 11) is 0. The molecule has 5 atom stereocenters. The van der Waals surface area contributed by atoms with Crippen LogP contribution >= 0.6 is 0 Å². The lowest BCUT2D eigenvalue weighted by molar-refractivity contribution is 0.00575. The van der Waals surface area contributed by atoms with Gasteiger partial charge in [-0.2, -0.15) is 0 Å². The van der Waals surface area contributed by atoms with Gasteiger partial charge in [0.2, 0.25) is 0 Å². The van der Waals surface area contributed by atoms with Gasteiger partial charge in [0.25, 0.3) is 0 Å². The van der Waals surface area contributed by atoms with Crippen molar-refractivity contribution in [1.82, 2.24) is 0 Å². The van der Waals surface area contributed by atoms with Crippen LogP contribution < -0.4 is 0 Å². The van der Waals surface area contributed by atoms with Crippen LogP contribution in [0.1, 0.15) is 449 Å². The van der Waals surface area contributed by atoms with Crippen LogP contribution in [0.2, 0.25) is 0 Å². The van der Waals surface area contributed by atoms with Gasteiger partial charge in [0.15, 0.2) is 0 Å². The highest BCUT2D eigenvalue weighted by Gasteiger charge is 2.42. The molecule has 3 fully saturated rings. The largest absolute Gasteiger partial charge is 0.0651 e. The summed E-state index contributed by atoms with van der Waals surface area (Å²) in [6.07, 6.45) is 22.0. The molecule has 0 spiro atoms. The quantitative estimate of drug-likeness (QED) is 0.249. The third kappa shape index (κ3) is 47.0. The monoisotopic (exact) mass is 1280 g/mol. The molecule has 554 valence electrons. The normalized spacial score (nSPS) is 19.9. The Morgan fingerprint density at radius 2 is 0.611 bits per heavy atom. The Kier molecular flexibility index (Phi) is 49.9. The van der Waals surface area contributed by atoms with E-state index in [0.717, 1.165) is 65.1 Å². The summed E-state index contributed by atoms with van der Waals surface area (Å²) in [6, 6.07) is 0. The van der Waals surface area contributed by atoms with Crippen LogP contribution in [0.3, 0.4) is 0 Å². The second-order valence-corrected chi connectivity index (χ2v) is 43.8. The molecule has 0 aliphatic heterocycles. The Bertz CT molecular complexity index is 1570. The molecule has 0 heterocycles. The first-order valence-electron chi connectivity index (χ1n) is 39.2. The van der Waals surface area contributed by atoms with Crippen molar-refractivity contribution >= 4 is 0 Å². The van der Waals surface area contributed by atoms with E-state index >= 15 is 0 Å². The smallest absolute Gasteiger partial charge is 0.0257 e. The third-order valence-electron chi connectivity index (χ3n) is 27.3. The molecule has 0 N–H and O–H groups in total. The molecule has 90 heavy (non-hydrogen) atoms. The first kappa shape index (κ1) is 103. The highest BCUT2D eigenvalue weighted by Crippen LogP contribution is 2.51. The van der Waals surface area contributed by atoms with E-state index in [-0.39, 0.29) is 0 Å². The fourth-order valence-corrected chi connectivity index (χ4v) is 10.3. The van der Waals surface area contributed by atoms with Crippen molar-refractivity contribution in [3.63, 3.8) is 0 Å². The van der Waals surface area contributed by atoms with Crippen LogP contribution in [-0.4, -0.2) is 0 Å². The van der Waals surface area contributed by atoms with Gasteiger partial charge in [-0.25, -0.2) is 0 Å². The second-order valence-electron chi connectivity index (χ2n) is 43.8. The molecule has 0 saturated heterocycles. The zero-order valence-corrected chi connectivity index (χ0v) is 74.5. The highest BCUT2D eigenvalue weighted by molar-refractivity contribution is 4.92. The molecule has 0 nitrogen and oxygen atoms in total. The first-order chi connectivity index (χ1) is 39.2. The summed E-state index contributed by atoms with van der Waals surface area (Å²) in [5, 5.41) is 0.